The molecule has 5 heteroatoms. The van der Waals surface area contributed by atoms with Crippen LogP contribution in [0.15, 0.2) is 57.5 Å². The highest BCUT2D eigenvalue weighted by Crippen LogP contribution is 2.17. The molecule has 1 unspecified atom stereocenters. The van der Waals surface area contributed by atoms with Crippen molar-refractivity contribution < 1.29 is 14.7 Å². The maximum Gasteiger partial charge on any atom is 0.137 e. The van der Waals surface area contributed by atoms with E-state index in [1.54, 1.807) is 0 Å². The molecule has 0 aliphatic rings. The van der Waals surface area contributed by atoms with Crippen LogP contribution in [-0.2, 0) is 6.54 Å². The summed E-state index contributed by atoms with van der Waals surface area (Å²) >= 11 is 6.83. The summed E-state index contributed by atoms with van der Waals surface area (Å²) < 4.78 is 7.67. The maximum absolute atomic E-state index is 10.1. The average Bonchev–Trinajstić information content (AvgIpc) is 2.47. The first-order valence-corrected chi connectivity index (χ1v) is 8.73. The Morgan fingerprint density at radius 3 is 2.50 bits per heavy atom. The number of quaternary nitrogens is 1. The van der Waals surface area contributed by atoms with Gasteiger partial charge in [-0.15, -0.1) is 0 Å². The molecule has 0 aliphatic carbocycles. The molecule has 3 nitrogen and oxygen atoms in total. The van der Waals surface area contributed by atoms with E-state index in [-0.39, 0.29) is 0 Å². The second-order valence-electron chi connectivity index (χ2n) is 5.39. The highest BCUT2D eigenvalue weighted by Gasteiger charge is 2.13. The molecule has 118 valence electrons. The second kappa shape index (κ2) is 8.67. The Bertz CT molecular complexity index is 589. The predicted molar refractivity (Wildman–Crippen MR) is 95.2 cm³/mol. The van der Waals surface area contributed by atoms with Gasteiger partial charge in [-0.1, -0.05) is 50.1 Å². The van der Waals surface area contributed by atoms with Crippen LogP contribution in [0.2, 0.25) is 0 Å². The molecule has 0 saturated carbocycles. The average molecular weight is 430 g/mol. The minimum absolute atomic E-state index is 0.300. The van der Waals surface area contributed by atoms with Gasteiger partial charge in [0, 0.05) is 14.5 Å². The zero-order chi connectivity index (χ0) is 15.9. The van der Waals surface area contributed by atoms with E-state index < -0.39 is 6.10 Å². The van der Waals surface area contributed by atoms with Crippen molar-refractivity contribution in [2.45, 2.75) is 12.6 Å². The topological polar surface area (TPSA) is 33.9 Å². The molecule has 0 heterocycles. The molecule has 2 aromatic carbocycles. The normalized spacial score (nSPS) is 13.6. The van der Waals surface area contributed by atoms with Crippen molar-refractivity contribution in [3.8, 4) is 5.75 Å². The number of likely N-dealkylation sites (N-methyl/N-ethyl adjacent to an activating group) is 1. The lowest BCUT2D eigenvalue weighted by molar-refractivity contribution is -0.897. The number of aliphatic hydroxyl groups excluding tert-OH is 1. The van der Waals surface area contributed by atoms with Crippen molar-refractivity contribution >= 4 is 31.9 Å². The summed E-state index contributed by atoms with van der Waals surface area (Å²) in [5.74, 6) is 0.763. The van der Waals surface area contributed by atoms with Crippen LogP contribution in [0.5, 0.6) is 5.75 Å². The fraction of sp³-hybridized carbons (Fsp3) is 0.294. The molecule has 0 spiro atoms. The van der Waals surface area contributed by atoms with Gasteiger partial charge in [-0.25, -0.2) is 0 Å². The molecule has 0 aliphatic heterocycles. The third-order valence-corrected chi connectivity index (χ3v) is 4.26. The lowest BCUT2D eigenvalue weighted by Gasteiger charge is -2.18. The predicted octanol–water partition coefficient (Wildman–Crippen LogP) is 2.67. The molecule has 2 N–H and O–H groups in total. The monoisotopic (exact) mass is 428 g/mol. The minimum atomic E-state index is -0.491. The quantitative estimate of drug-likeness (QED) is 0.709. The van der Waals surface area contributed by atoms with Crippen LogP contribution in [0.4, 0.5) is 0 Å². The van der Waals surface area contributed by atoms with Gasteiger partial charge in [0.15, 0.2) is 0 Å². The van der Waals surface area contributed by atoms with E-state index in [9.17, 15) is 5.11 Å². The summed E-state index contributed by atoms with van der Waals surface area (Å²) in [5.41, 5.74) is 1.25. The number of ether oxygens (including phenoxy) is 1. The van der Waals surface area contributed by atoms with E-state index in [2.05, 4.69) is 51.0 Å². The first-order chi connectivity index (χ1) is 10.5. The van der Waals surface area contributed by atoms with Crippen molar-refractivity contribution in [2.24, 2.45) is 0 Å². The van der Waals surface area contributed by atoms with Crippen molar-refractivity contribution in [2.75, 3.05) is 20.2 Å². The molecular formula is C17H20Br2NO2+. The molecule has 2 atom stereocenters. The zero-order valence-corrected chi connectivity index (χ0v) is 15.6. The Labute approximate surface area is 148 Å². The van der Waals surface area contributed by atoms with E-state index in [1.807, 2.05) is 36.4 Å². The highest BCUT2D eigenvalue weighted by molar-refractivity contribution is 9.10. The molecule has 0 fully saturated rings. The van der Waals surface area contributed by atoms with Crippen molar-refractivity contribution in [1.29, 1.82) is 0 Å². The lowest BCUT2D eigenvalue weighted by Crippen LogP contribution is -3.09. The Morgan fingerprint density at radius 1 is 1.09 bits per heavy atom. The largest absolute Gasteiger partial charge is 0.491 e. The summed E-state index contributed by atoms with van der Waals surface area (Å²) in [5, 5.41) is 10.1. The summed E-state index contributed by atoms with van der Waals surface area (Å²) in [6.45, 7) is 1.82. The first kappa shape index (κ1) is 17.5. The van der Waals surface area contributed by atoms with Gasteiger partial charge in [0.05, 0.1) is 7.05 Å². The Balaban J connectivity index is 1.76. The smallest absolute Gasteiger partial charge is 0.137 e. The van der Waals surface area contributed by atoms with Gasteiger partial charge in [-0.05, 0) is 30.3 Å². The maximum atomic E-state index is 10.1. The molecule has 0 bridgehead atoms. The number of halogens is 2. The summed E-state index contributed by atoms with van der Waals surface area (Å²) in [4.78, 5) is 1.24. The Morgan fingerprint density at radius 2 is 1.82 bits per heavy atom. The molecule has 2 rings (SSSR count). The second-order valence-corrected chi connectivity index (χ2v) is 7.22. The van der Waals surface area contributed by atoms with Crippen LogP contribution in [-0.4, -0.2) is 31.4 Å². The summed E-state index contributed by atoms with van der Waals surface area (Å²) in [7, 11) is 2.07. The standard InChI is InChI=1S/C17H19Br2NO2/c1-20(10-13-5-7-14(18)8-6-13)11-16(21)12-22-17-4-2-3-15(19)9-17/h2-9,16,21H,10-12H2,1H3/p+1/t16-/m0/s1. The third kappa shape index (κ3) is 6.08. The SMILES string of the molecule is C[NH+](Cc1ccc(Br)cc1)C[C@H](O)COc1cccc(Br)c1. The van der Waals surface area contributed by atoms with Gasteiger partial charge < -0.3 is 14.7 Å². The van der Waals surface area contributed by atoms with Gasteiger partial charge in [-0.3, -0.25) is 0 Å². The van der Waals surface area contributed by atoms with Gasteiger partial charge in [0.2, 0.25) is 0 Å². The van der Waals surface area contributed by atoms with Crippen LogP contribution in [0.3, 0.4) is 0 Å². The number of hydrogen-bond acceptors (Lipinski definition) is 2. The van der Waals surface area contributed by atoms with Gasteiger partial charge >= 0.3 is 0 Å². The van der Waals surface area contributed by atoms with E-state index >= 15 is 0 Å². The molecule has 22 heavy (non-hydrogen) atoms. The number of nitrogens with one attached hydrogen (secondary N) is 1. The zero-order valence-electron chi connectivity index (χ0n) is 12.4. The van der Waals surface area contributed by atoms with Crippen molar-refractivity contribution in [3.63, 3.8) is 0 Å². The van der Waals surface area contributed by atoms with Crippen LogP contribution in [0, 0.1) is 0 Å². The van der Waals surface area contributed by atoms with Crippen LogP contribution in [0.25, 0.3) is 0 Å². The summed E-state index contributed by atoms with van der Waals surface area (Å²) in [6, 6.07) is 15.9. The molecule has 2 aromatic rings. The Hall–Kier alpha value is -0.880. The molecular weight excluding hydrogens is 410 g/mol. The van der Waals surface area contributed by atoms with E-state index in [0.717, 1.165) is 21.2 Å². The summed E-state index contributed by atoms with van der Waals surface area (Å²) in [6.07, 6.45) is -0.491. The van der Waals surface area contributed by atoms with E-state index in [4.69, 9.17) is 4.74 Å². The minimum Gasteiger partial charge on any atom is -0.491 e. The number of rotatable bonds is 7. The third-order valence-electron chi connectivity index (χ3n) is 3.24. The lowest BCUT2D eigenvalue weighted by atomic mass is 10.2. The van der Waals surface area contributed by atoms with Crippen molar-refractivity contribution in [3.05, 3.63) is 63.0 Å². The van der Waals surface area contributed by atoms with Gasteiger partial charge in [0.1, 0.15) is 31.5 Å². The Kier molecular flexibility index (Phi) is 6.89. The van der Waals surface area contributed by atoms with Crippen molar-refractivity contribution in [1.82, 2.24) is 0 Å². The van der Waals surface area contributed by atoms with Gasteiger partial charge in [0.25, 0.3) is 0 Å². The highest BCUT2D eigenvalue weighted by atomic mass is 79.9. The van der Waals surface area contributed by atoms with E-state index in [0.29, 0.717) is 13.2 Å². The van der Waals surface area contributed by atoms with E-state index in [1.165, 1.54) is 10.5 Å². The van der Waals surface area contributed by atoms with Crippen LogP contribution in [0.1, 0.15) is 5.56 Å². The van der Waals surface area contributed by atoms with Gasteiger partial charge in [-0.2, -0.15) is 0 Å². The fourth-order valence-electron chi connectivity index (χ4n) is 2.23. The number of hydrogen-bond donors (Lipinski definition) is 2. The number of aliphatic hydroxyl groups is 1. The number of benzene rings is 2. The molecule has 0 saturated heterocycles. The first-order valence-electron chi connectivity index (χ1n) is 7.15. The van der Waals surface area contributed by atoms with Crippen LogP contribution < -0.4 is 9.64 Å². The fourth-order valence-corrected chi connectivity index (χ4v) is 2.88. The molecule has 0 amide bonds. The molecule has 0 aromatic heterocycles. The molecule has 0 radical (unpaired) electrons. The van der Waals surface area contributed by atoms with Crippen LogP contribution >= 0.6 is 31.9 Å².